The molecule has 0 heterocycles. The van der Waals surface area contributed by atoms with Gasteiger partial charge < -0.3 is 5.73 Å². The molecule has 0 amide bonds. The van der Waals surface area contributed by atoms with Crippen LogP contribution in [0, 0.1) is 29.1 Å². The summed E-state index contributed by atoms with van der Waals surface area (Å²) in [6, 6.07) is 0. The summed E-state index contributed by atoms with van der Waals surface area (Å²) < 4.78 is 0. The van der Waals surface area contributed by atoms with Gasteiger partial charge in [-0.25, -0.2) is 0 Å². The first-order valence-electron chi connectivity index (χ1n) is 7.78. The van der Waals surface area contributed by atoms with E-state index in [9.17, 15) is 0 Å². The standard InChI is InChI=1S/C16H31N/c1-4-12(2)9-14-6-5-13-7-8-16(3,11-17)10-15(13)14/h12-15H,4-11,17H2,1-3H3. The highest BCUT2D eigenvalue weighted by Crippen LogP contribution is 2.53. The van der Waals surface area contributed by atoms with Gasteiger partial charge in [0, 0.05) is 0 Å². The zero-order valence-electron chi connectivity index (χ0n) is 12.0. The van der Waals surface area contributed by atoms with E-state index in [2.05, 4.69) is 20.8 Å². The molecule has 0 saturated heterocycles. The van der Waals surface area contributed by atoms with Gasteiger partial charge in [-0.05, 0) is 74.2 Å². The van der Waals surface area contributed by atoms with E-state index in [-0.39, 0.29) is 0 Å². The molecule has 2 aliphatic rings. The van der Waals surface area contributed by atoms with E-state index >= 15 is 0 Å². The summed E-state index contributed by atoms with van der Waals surface area (Å²) in [6.45, 7) is 8.08. The van der Waals surface area contributed by atoms with E-state index in [0.29, 0.717) is 5.41 Å². The van der Waals surface area contributed by atoms with Crippen LogP contribution in [-0.2, 0) is 0 Å². The van der Waals surface area contributed by atoms with Crippen LogP contribution in [-0.4, -0.2) is 6.54 Å². The van der Waals surface area contributed by atoms with E-state index in [1.807, 2.05) is 0 Å². The molecule has 0 aromatic carbocycles. The Morgan fingerprint density at radius 3 is 2.71 bits per heavy atom. The normalized spacial score (nSPS) is 43.4. The van der Waals surface area contributed by atoms with Gasteiger partial charge in [0.15, 0.2) is 0 Å². The van der Waals surface area contributed by atoms with Crippen LogP contribution >= 0.6 is 0 Å². The molecule has 0 bridgehead atoms. The Labute approximate surface area is 108 Å². The van der Waals surface area contributed by atoms with Crippen molar-refractivity contribution in [1.82, 2.24) is 0 Å². The molecule has 0 spiro atoms. The minimum Gasteiger partial charge on any atom is -0.330 e. The van der Waals surface area contributed by atoms with Crippen molar-refractivity contribution >= 4 is 0 Å². The lowest BCUT2D eigenvalue weighted by molar-refractivity contribution is 0.0973. The van der Waals surface area contributed by atoms with Crippen LogP contribution < -0.4 is 5.73 Å². The topological polar surface area (TPSA) is 26.0 Å². The zero-order valence-corrected chi connectivity index (χ0v) is 12.0. The van der Waals surface area contributed by atoms with Crippen molar-refractivity contribution in [3.8, 4) is 0 Å². The molecule has 0 aromatic heterocycles. The molecule has 0 radical (unpaired) electrons. The molecule has 1 nitrogen and oxygen atoms in total. The van der Waals surface area contributed by atoms with E-state index in [1.165, 1.54) is 44.9 Å². The van der Waals surface area contributed by atoms with Gasteiger partial charge in [-0.3, -0.25) is 0 Å². The van der Waals surface area contributed by atoms with E-state index in [1.54, 1.807) is 0 Å². The molecule has 1 heteroatoms. The van der Waals surface area contributed by atoms with Gasteiger partial charge in [-0.15, -0.1) is 0 Å². The first-order valence-corrected chi connectivity index (χ1v) is 7.78. The highest BCUT2D eigenvalue weighted by molar-refractivity contribution is 4.95. The van der Waals surface area contributed by atoms with Crippen molar-refractivity contribution in [3.63, 3.8) is 0 Å². The SMILES string of the molecule is CCC(C)CC1CCC2CCC(C)(CN)CC21. The Kier molecular flexibility index (Phi) is 4.18. The minimum atomic E-state index is 0.458. The Bertz CT molecular complexity index is 250. The minimum absolute atomic E-state index is 0.458. The Morgan fingerprint density at radius 2 is 2.06 bits per heavy atom. The van der Waals surface area contributed by atoms with Crippen molar-refractivity contribution in [3.05, 3.63) is 0 Å². The number of hydrogen-bond donors (Lipinski definition) is 1. The molecule has 2 rings (SSSR count). The van der Waals surface area contributed by atoms with Crippen LogP contribution in [0.2, 0.25) is 0 Å². The molecule has 5 atom stereocenters. The molecule has 2 aliphatic carbocycles. The third kappa shape index (κ3) is 2.86. The molecular formula is C16H31N. The van der Waals surface area contributed by atoms with E-state index in [0.717, 1.165) is 30.2 Å². The predicted octanol–water partition coefficient (Wildman–Crippen LogP) is 4.21. The third-order valence-corrected chi connectivity index (χ3v) is 5.86. The monoisotopic (exact) mass is 237 g/mol. The molecule has 5 unspecified atom stereocenters. The molecule has 100 valence electrons. The summed E-state index contributed by atoms with van der Waals surface area (Å²) in [7, 11) is 0. The molecule has 0 aliphatic heterocycles. The van der Waals surface area contributed by atoms with Crippen molar-refractivity contribution in [2.75, 3.05) is 6.54 Å². The summed E-state index contributed by atoms with van der Waals surface area (Å²) >= 11 is 0. The zero-order chi connectivity index (χ0) is 12.5. The average Bonchev–Trinajstić information content (AvgIpc) is 2.71. The van der Waals surface area contributed by atoms with Crippen molar-refractivity contribution < 1.29 is 0 Å². The van der Waals surface area contributed by atoms with Crippen molar-refractivity contribution in [2.24, 2.45) is 34.8 Å². The van der Waals surface area contributed by atoms with Gasteiger partial charge in [-0.1, -0.05) is 27.2 Å². The van der Waals surface area contributed by atoms with Gasteiger partial charge in [0.2, 0.25) is 0 Å². The molecular weight excluding hydrogens is 206 g/mol. The quantitative estimate of drug-likeness (QED) is 0.778. The molecule has 17 heavy (non-hydrogen) atoms. The molecule has 2 saturated carbocycles. The first kappa shape index (κ1) is 13.4. The van der Waals surface area contributed by atoms with Crippen molar-refractivity contribution in [2.45, 2.75) is 65.7 Å². The maximum atomic E-state index is 5.99. The van der Waals surface area contributed by atoms with Gasteiger partial charge in [0.25, 0.3) is 0 Å². The summed E-state index contributed by atoms with van der Waals surface area (Å²) in [4.78, 5) is 0. The smallest absolute Gasteiger partial charge is 0.00231 e. The highest BCUT2D eigenvalue weighted by Gasteiger charge is 2.43. The van der Waals surface area contributed by atoms with E-state index in [4.69, 9.17) is 5.73 Å². The van der Waals surface area contributed by atoms with Crippen LogP contribution in [0.5, 0.6) is 0 Å². The molecule has 0 aromatic rings. The number of nitrogens with two attached hydrogens (primary N) is 1. The Balaban J connectivity index is 1.97. The van der Waals surface area contributed by atoms with Gasteiger partial charge in [0.1, 0.15) is 0 Å². The third-order valence-electron chi connectivity index (χ3n) is 5.86. The molecule has 2 N–H and O–H groups in total. The second kappa shape index (κ2) is 5.30. The average molecular weight is 237 g/mol. The van der Waals surface area contributed by atoms with Crippen LogP contribution in [0.15, 0.2) is 0 Å². The van der Waals surface area contributed by atoms with Gasteiger partial charge >= 0.3 is 0 Å². The number of hydrogen-bond acceptors (Lipinski definition) is 1. The maximum Gasteiger partial charge on any atom is -0.00231 e. The summed E-state index contributed by atoms with van der Waals surface area (Å²) in [6.07, 6.45) is 10.1. The van der Waals surface area contributed by atoms with Crippen LogP contribution in [0.25, 0.3) is 0 Å². The fraction of sp³-hybridized carbons (Fsp3) is 1.00. The fourth-order valence-corrected chi connectivity index (χ4v) is 4.30. The summed E-state index contributed by atoms with van der Waals surface area (Å²) in [5.41, 5.74) is 6.45. The second-order valence-corrected chi connectivity index (χ2v) is 7.27. The molecule has 2 fully saturated rings. The lowest BCUT2D eigenvalue weighted by Crippen LogP contribution is -2.37. The Morgan fingerprint density at radius 1 is 1.29 bits per heavy atom. The first-order chi connectivity index (χ1) is 8.08. The lowest BCUT2D eigenvalue weighted by Gasteiger charge is -2.41. The highest BCUT2D eigenvalue weighted by atomic mass is 14.6. The van der Waals surface area contributed by atoms with Crippen LogP contribution in [0.4, 0.5) is 0 Å². The number of fused-ring (bicyclic) bond motifs is 1. The van der Waals surface area contributed by atoms with E-state index < -0.39 is 0 Å². The number of rotatable bonds is 4. The van der Waals surface area contributed by atoms with Gasteiger partial charge in [0.05, 0.1) is 0 Å². The second-order valence-electron chi connectivity index (χ2n) is 7.27. The summed E-state index contributed by atoms with van der Waals surface area (Å²) in [5.74, 6) is 3.99. The lowest BCUT2D eigenvalue weighted by atomic mass is 9.64. The van der Waals surface area contributed by atoms with Crippen molar-refractivity contribution in [1.29, 1.82) is 0 Å². The largest absolute Gasteiger partial charge is 0.330 e. The van der Waals surface area contributed by atoms with Crippen LogP contribution in [0.3, 0.4) is 0 Å². The predicted molar refractivity (Wildman–Crippen MR) is 74.8 cm³/mol. The van der Waals surface area contributed by atoms with Gasteiger partial charge in [-0.2, -0.15) is 0 Å². The van der Waals surface area contributed by atoms with Crippen LogP contribution in [0.1, 0.15) is 65.7 Å². The fourth-order valence-electron chi connectivity index (χ4n) is 4.30. The maximum absolute atomic E-state index is 5.99. The Hall–Kier alpha value is -0.0400. The summed E-state index contributed by atoms with van der Waals surface area (Å²) in [5, 5.41) is 0.